The van der Waals surface area contributed by atoms with Crippen LogP contribution < -0.4 is 39.1 Å². The van der Waals surface area contributed by atoms with Gasteiger partial charge in [-0.2, -0.15) is 0 Å². The highest BCUT2D eigenvalue weighted by molar-refractivity contribution is 6.00. The number of aromatic nitrogens is 3. The smallest absolute Gasteiger partial charge is 0.354 e. The molecule has 0 aliphatic heterocycles. The molecular formula is C62H78N10O16. The summed E-state index contributed by atoms with van der Waals surface area (Å²) in [6, 6.07) is 35.1. The van der Waals surface area contributed by atoms with Gasteiger partial charge >= 0.3 is 5.97 Å². The number of aliphatic hydroxyl groups is 3. The Balaban J connectivity index is 0.000000416. The van der Waals surface area contributed by atoms with E-state index in [0.29, 0.717) is 82.1 Å². The van der Waals surface area contributed by atoms with E-state index >= 15 is 0 Å². The highest BCUT2D eigenvalue weighted by atomic mass is 16.5. The van der Waals surface area contributed by atoms with Gasteiger partial charge in [0.15, 0.2) is 28.9 Å². The maximum Gasteiger partial charge on any atom is 0.354 e. The first-order valence-corrected chi connectivity index (χ1v) is 27.6. The van der Waals surface area contributed by atoms with Crippen LogP contribution in [0.4, 0.5) is 0 Å². The molecule has 6 aromatic rings. The van der Waals surface area contributed by atoms with Gasteiger partial charge in [0, 0.05) is 69.6 Å². The van der Waals surface area contributed by atoms with Gasteiger partial charge < -0.3 is 62.1 Å². The number of nitrogens with two attached hydrogens (primary N) is 4. The summed E-state index contributed by atoms with van der Waals surface area (Å²) in [5.41, 5.74) is 16.3. The van der Waals surface area contributed by atoms with Crippen LogP contribution in [0.3, 0.4) is 0 Å². The lowest BCUT2D eigenvalue weighted by atomic mass is 10.0. The molecule has 3 heterocycles. The summed E-state index contributed by atoms with van der Waals surface area (Å²) in [6.07, 6.45) is 1.51. The topological polar surface area (TPSA) is 441 Å². The molecule has 0 unspecified atom stereocenters. The molecule has 3 aromatic heterocycles. The minimum Gasteiger partial charge on any atom is -0.477 e. The van der Waals surface area contributed by atoms with Gasteiger partial charge in [0.05, 0.1) is 66.0 Å². The number of ketones is 5. The molecule has 0 spiro atoms. The van der Waals surface area contributed by atoms with Crippen molar-refractivity contribution in [1.29, 1.82) is 0 Å². The Morgan fingerprint density at radius 1 is 0.409 bits per heavy atom. The number of amides is 3. The number of ether oxygens (including phenoxy) is 3. The Morgan fingerprint density at radius 3 is 1.01 bits per heavy atom. The van der Waals surface area contributed by atoms with Crippen molar-refractivity contribution in [2.45, 2.75) is 46.1 Å². The van der Waals surface area contributed by atoms with E-state index in [1.807, 2.05) is 24.3 Å². The second-order valence-corrected chi connectivity index (χ2v) is 18.2. The zero-order valence-electron chi connectivity index (χ0n) is 49.2. The zero-order valence-corrected chi connectivity index (χ0v) is 49.2. The molecule has 0 aliphatic carbocycles. The first-order valence-electron chi connectivity index (χ1n) is 27.6. The fourth-order valence-corrected chi connectivity index (χ4v) is 7.11. The second kappa shape index (κ2) is 44.4. The number of hydrazine groups is 1. The van der Waals surface area contributed by atoms with E-state index in [1.54, 1.807) is 78.9 Å². The molecule has 88 heavy (non-hydrogen) atoms. The number of pyridine rings is 3. The number of Topliss-reactive ketones (excluding diaryl/α,β-unsaturated/α-hetero) is 5. The van der Waals surface area contributed by atoms with E-state index in [2.05, 4.69) is 42.6 Å². The molecule has 472 valence electrons. The molecule has 3 aromatic carbocycles. The summed E-state index contributed by atoms with van der Waals surface area (Å²) in [6.45, 7) is 5.96. The van der Waals surface area contributed by atoms with Crippen LogP contribution >= 0.6 is 0 Å². The van der Waals surface area contributed by atoms with Crippen LogP contribution in [0.15, 0.2) is 127 Å². The van der Waals surface area contributed by atoms with Crippen molar-refractivity contribution >= 4 is 52.6 Å². The Hall–Kier alpha value is -9.06. The molecule has 3 amide bonds. The number of rotatable bonds is 32. The van der Waals surface area contributed by atoms with Crippen molar-refractivity contribution in [2.75, 3.05) is 85.6 Å². The molecule has 6 rings (SSSR count). The number of carboxylic acid groups (broad SMARTS) is 1. The van der Waals surface area contributed by atoms with Crippen molar-refractivity contribution in [1.82, 2.24) is 30.9 Å². The Morgan fingerprint density at radius 2 is 0.705 bits per heavy atom. The lowest BCUT2D eigenvalue weighted by Gasteiger charge is -2.07. The van der Waals surface area contributed by atoms with Gasteiger partial charge in [-0.15, -0.1) is 0 Å². The normalized spacial score (nSPS) is 10.1. The maximum atomic E-state index is 12.4. The SMILES string of the molecule is CC(=O)c1cccc(C(=O)CCc2ccc(C(=O)NCCOCCO)cc2)n1.CC(=O)c1cccc(C(=O)O)n1.NCC(=O)c1cccc(C(=O)CCc2ccc(C(=O)NCCOCCO)cc2)n1.NCc1ccc(C(=O)NCCOCCO)cc1.NN. The summed E-state index contributed by atoms with van der Waals surface area (Å²) in [5, 5.41) is 42.4. The van der Waals surface area contributed by atoms with Crippen molar-refractivity contribution < 1.29 is 77.8 Å². The monoisotopic (exact) mass is 1220 g/mol. The zero-order chi connectivity index (χ0) is 65.1. The second-order valence-electron chi connectivity index (χ2n) is 18.2. The number of carbonyl (C=O) groups is 9. The Labute approximate surface area is 509 Å². The number of benzene rings is 3. The van der Waals surface area contributed by atoms with Gasteiger partial charge in [0.25, 0.3) is 17.7 Å². The summed E-state index contributed by atoms with van der Waals surface area (Å²) >= 11 is 0. The lowest BCUT2D eigenvalue weighted by Crippen LogP contribution is -2.27. The highest BCUT2D eigenvalue weighted by Gasteiger charge is 2.15. The fourth-order valence-electron chi connectivity index (χ4n) is 7.11. The average Bonchev–Trinajstić information content (AvgIpc) is 3.64. The molecule has 0 aliphatic rings. The molecule has 0 radical (unpaired) electrons. The fraction of sp³-hybridized carbons (Fsp3) is 0.323. The van der Waals surface area contributed by atoms with Crippen LogP contribution in [0, 0.1) is 0 Å². The largest absolute Gasteiger partial charge is 0.477 e. The number of hydrogen-bond donors (Lipinski definition) is 11. The van der Waals surface area contributed by atoms with E-state index < -0.39 is 5.97 Å². The quantitative estimate of drug-likeness (QED) is 0.0125. The minimum atomic E-state index is -1.13. The van der Waals surface area contributed by atoms with Gasteiger partial charge in [0.2, 0.25) is 0 Å². The van der Waals surface area contributed by atoms with Crippen molar-refractivity contribution in [3.8, 4) is 0 Å². The number of nitrogens with one attached hydrogen (secondary N) is 3. The molecule has 26 nitrogen and oxygen atoms in total. The predicted molar refractivity (Wildman–Crippen MR) is 325 cm³/mol. The molecule has 26 heteroatoms. The van der Waals surface area contributed by atoms with E-state index in [9.17, 15) is 43.2 Å². The predicted octanol–water partition coefficient (Wildman–Crippen LogP) is 2.30. The Bertz CT molecular complexity index is 3100. The van der Waals surface area contributed by atoms with Gasteiger partial charge in [-0.25, -0.2) is 19.7 Å². The highest BCUT2D eigenvalue weighted by Crippen LogP contribution is 2.13. The van der Waals surface area contributed by atoms with E-state index in [0.717, 1.165) is 16.7 Å². The molecule has 0 fully saturated rings. The van der Waals surface area contributed by atoms with Crippen LogP contribution in [0.1, 0.15) is 137 Å². The summed E-state index contributed by atoms with van der Waals surface area (Å²) in [7, 11) is 0. The third-order valence-corrected chi connectivity index (χ3v) is 11.7. The van der Waals surface area contributed by atoms with Gasteiger partial charge in [-0.1, -0.05) is 54.6 Å². The standard InChI is InChI=1S/C21H25N3O5.C21H24N2O5.C12H18N2O3.C8H7NO3.H4N2/c22-14-20(27)18-3-1-2-17(24-18)19(26)9-6-15-4-7-16(8-5-15)21(28)23-10-12-29-13-11-25;1-15(25)18-3-2-4-19(23-18)20(26)10-7-16-5-8-17(9-6-16)21(27)22-11-13-28-14-12-24;13-9-10-1-3-11(4-2-10)12(16)14-5-7-17-8-6-15;1-5(10)6-3-2-4-7(9-6)8(11)12;1-2/h1-5,7-8,25H,6,9-14,22H2,(H,23,28);2-6,8-9,24H,7,10-14H2,1H3,(H,22,27);1-4,15H,5-9,13H2,(H,14,16);2-4H,1H3,(H,11,12);1-2H2. The molecule has 0 atom stereocenters. The van der Waals surface area contributed by atoms with Crippen LogP contribution in [-0.4, -0.2) is 174 Å². The molecule has 0 saturated heterocycles. The molecule has 15 N–H and O–H groups in total. The number of hydrogen-bond acceptors (Lipinski definition) is 22. The lowest BCUT2D eigenvalue weighted by molar-refractivity contribution is 0.0688. The van der Waals surface area contributed by atoms with Gasteiger partial charge in [-0.3, -0.25) is 50.0 Å². The minimum absolute atomic E-state index is 0.00546. The molecule has 0 saturated carbocycles. The van der Waals surface area contributed by atoms with E-state index in [-0.39, 0.29) is 133 Å². The number of nitrogens with zero attached hydrogens (tertiary/aromatic N) is 3. The number of aromatic carboxylic acids is 1. The number of aliphatic hydroxyl groups excluding tert-OH is 3. The summed E-state index contributed by atoms with van der Waals surface area (Å²) < 4.78 is 15.2. The van der Waals surface area contributed by atoms with E-state index in [1.165, 1.54) is 38.1 Å². The third-order valence-electron chi connectivity index (χ3n) is 11.7. The first-order chi connectivity index (χ1) is 42.4. The summed E-state index contributed by atoms with van der Waals surface area (Å²) in [4.78, 5) is 116. The summed E-state index contributed by atoms with van der Waals surface area (Å²) in [5.74, 6) is 5.29. The van der Waals surface area contributed by atoms with Crippen LogP contribution in [-0.2, 0) is 33.6 Å². The van der Waals surface area contributed by atoms with Crippen molar-refractivity contribution in [3.05, 3.63) is 195 Å². The van der Waals surface area contributed by atoms with Crippen molar-refractivity contribution in [3.63, 3.8) is 0 Å². The maximum absolute atomic E-state index is 12.4. The average molecular weight is 1220 g/mol. The van der Waals surface area contributed by atoms with Crippen molar-refractivity contribution in [2.24, 2.45) is 23.2 Å². The third kappa shape index (κ3) is 29.8. The van der Waals surface area contributed by atoms with Crippen LogP contribution in [0.25, 0.3) is 0 Å². The van der Waals surface area contributed by atoms with Crippen LogP contribution in [0.5, 0.6) is 0 Å². The first kappa shape index (κ1) is 75.0. The van der Waals surface area contributed by atoms with Gasteiger partial charge in [0.1, 0.15) is 34.2 Å². The molecular weight excluding hydrogens is 1140 g/mol. The number of aryl methyl sites for hydroxylation is 2. The van der Waals surface area contributed by atoms with Crippen LogP contribution in [0.2, 0.25) is 0 Å². The number of carbonyl (C=O) groups excluding carboxylic acids is 8. The number of carboxylic acids is 1. The Kier molecular flexibility index (Phi) is 37.9. The van der Waals surface area contributed by atoms with Gasteiger partial charge in [-0.05, 0) is 102 Å². The van der Waals surface area contributed by atoms with E-state index in [4.69, 9.17) is 46.1 Å². The molecule has 0 bridgehead atoms.